The number of rotatable bonds is 9. The number of thioether (sulfide) groups is 1. The van der Waals surface area contributed by atoms with E-state index < -0.39 is 15.8 Å². The summed E-state index contributed by atoms with van der Waals surface area (Å²) in [6.45, 7) is 0. The number of hydrogen-bond acceptors (Lipinski definition) is 10. The first-order valence-electron chi connectivity index (χ1n) is 8.40. The molecule has 0 heterocycles. The molecule has 0 radical (unpaired) electrons. The van der Waals surface area contributed by atoms with Gasteiger partial charge in [0.1, 0.15) is 5.02 Å². The van der Waals surface area contributed by atoms with E-state index in [0.717, 1.165) is 11.8 Å². The number of carboxylic acid groups (broad SMARTS) is 1. The van der Waals surface area contributed by atoms with Gasteiger partial charge in [-0.25, -0.2) is 0 Å². The van der Waals surface area contributed by atoms with Crippen LogP contribution in [0, 0.1) is 20.2 Å². The Morgan fingerprint density at radius 2 is 1.28 bits per heavy atom. The molecule has 0 saturated carbocycles. The summed E-state index contributed by atoms with van der Waals surface area (Å²) >= 11 is 6.51. The van der Waals surface area contributed by atoms with Gasteiger partial charge >= 0.3 is 5.97 Å². The number of ether oxygens (including phenoxy) is 4. The number of benzene rings is 2. The fourth-order valence-corrected chi connectivity index (χ4v) is 3.20. The Labute approximate surface area is 191 Å². The third-order valence-corrected chi connectivity index (χ3v) is 4.99. The van der Waals surface area contributed by atoms with Gasteiger partial charge in [-0.3, -0.25) is 25.0 Å². The van der Waals surface area contributed by atoms with Crippen LogP contribution in [0.25, 0.3) is 0 Å². The molecular weight excluding hydrogens is 472 g/mol. The van der Waals surface area contributed by atoms with Crippen molar-refractivity contribution in [2.75, 3.05) is 34.2 Å². The van der Waals surface area contributed by atoms with Crippen LogP contribution in [0.5, 0.6) is 23.0 Å². The summed E-state index contributed by atoms with van der Waals surface area (Å²) in [4.78, 5) is 30.9. The zero-order chi connectivity index (χ0) is 24.4. The Morgan fingerprint density at radius 3 is 1.69 bits per heavy atom. The van der Waals surface area contributed by atoms with Crippen molar-refractivity contribution in [1.29, 1.82) is 0 Å². The van der Waals surface area contributed by atoms with Crippen LogP contribution in [0.3, 0.4) is 0 Å². The van der Waals surface area contributed by atoms with Gasteiger partial charge in [0, 0.05) is 12.1 Å². The average molecular weight is 491 g/mol. The molecule has 0 spiro atoms. The van der Waals surface area contributed by atoms with Crippen LogP contribution in [0.4, 0.5) is 11.4 Å². The second-order valence-electron chi connectivity index (χ2n) is 5.53. The SMILES string of the molecule is COc1cc(Cl)c([N+](=O)[O-])cc1OC.COc1cc(SCC(=O)O)c([N+](=O)[O-])cc1OC. The molecule has 0 amide bonds. The average Bonchev–Trinajstić information content (AvgIpc) is 2.76. The van der Waals surface area contributed by atoms with Crippen LogP contribution in [-0.2, 0) is 4.79 Å². The lowest BCUT2D eigenvalue weighted by atomic mass is 10.3. The second-order valence-corrected chi connectivity index (χ2v) is 6.95. The van der Waals surface area contributed by atoms with E-state index in [1.54, 1.807) is 0 Å². The van der Waals surface area contributed by atoms with Crippen molar-refractivity contribution in [3.05, 3.63) is 49.5 Å². The molecule has 0 bridgehead atoms. The van der Waals surface area contributed by atoms with Crippen LogP contribution in [0.1, 0.15) is 0 Å². The normalized spacial score (nSPS) is 9.78. The first kappa shape index (κ1) is 26.6. The number of nitro groups is 2. The first-order valence-corrected chi connectivity index (χ1v) is 9.76. The van der Waals surface area contributed by atoms with Crippen molar-refractivity contribution >= 4 is 40.7 Å². The molecule has 2 rings (SSSR count). The number of halogens is 1. The van der Waals surface area contributed by atoms with Crippen LogP contribution in [0.15, 0.2) is 29.2 Å². The quantitative estimate of drug-likeness (QED) is 0.306. The maximum atomic E-state index is 10.9. The van der Waals surface area contributed by atoms with E-state index in [2.05, 4.69) is 0 Å². The van der Waals surface area contributed by atoms with Crippen LogP contribution in [-0.4, -0.2) is 55.1 Å². The molecule has 0 aliphatic carbocycles. The number of hydrogen-bond donors (Lipinski definition) is 1. The van der Waals surface area contributed by atoms with Crippen LogP contribution < -0.4 is 18.9 Å². The summed E-state index contributed by atoms with van der Waals surface area (Å²) in [5.41, 5.74) is -0.414. The van der Waals surface area contributed by atoms with Gasteiger partial charge in [0.15, 0.2) is 23.0 Å². The summed E-state index contributed by atoms with van der Waals surface area (Å²) in [7, 11) is 5.59. The zero-order valence-electron chi connectivity index (χ0n) is 17.3. The van der Waals surface area contributed by atoms with E-state index in [4.69, 9.17) is 35.7 Å². The maximum Gasteiger partial charge on any atom is 0.313 e. The van der Waals surface area contributed by atoms with Gasteiger partial charge in [0.25, 0.3) is 11.4 Å². The van der Waals surface area contributed by atoms with E-state index in [0.29, 0.717) is 11.5 Å². The van der Waals surface area contributed by atoms with Gasteiger partial charge in [0.2, 0.25) is 0 Å². The monoisotopic (exact) mass is 490 g/mol. The predicted molar refractivity (Wildman–Crippen MR) is 116 cm³/mol. The Hall–Kier alpha value is -3.45. The van der Waals surface area contributed by atoms with Crippen LogP contribution >= 0.6 is 23.4 Å². The van der Waals surface area contributed by atoms with Gasteiger partial charge in [0.05, 0.1) is 61.1 Å². The Balaban J connectivity index is 0.000000330. The summed E-state index contributed by atoms with van der Waals surface area (Å²) in [6, 6.07) is 5.17. The molecule has 1 N–H and O–H groups in total. The van der Waals surface area contributed by atoms with E-state index >= 15 is 0 Å². The van der Waals surface area contributed by atoms with E-state index in [1.165, 1.54) is 52.7 Å². The summed E-state index contributed by atoms with van der Waals surface area (Å²) in [5, 5.41) is 30.0. The minimum atomic E-state index is -1.05. The lowest BCUT2D eigenvalue weighted by molar-refractivity contribution is -0.387. The summed E-state index contributed by atoms with van der Waals surface area (Å²) in [5.74, 6) is -0.133. The van der Waals surface area contributed by atoms with Gasteiger partial charge in [-0.2, -0.15) is 0 Å². The molecule has 32 heavy (non-hydrogen) atoms. The molecule has 14 heteroatoms. The summed E-state index contributed by atoms with van der Waals surface area (Å²) in [6.07, 6.45) is 0. The van der Waals surface area contributed by atoms with Crippen molar-refractivity contribution in [2.24, 2.45) is 0 Å². The molecule has 0 saturated heterocycles. The Morgan fingerprint density at radius 1 is 0.875 bits per heavy atom. The molecule has 0 aliphatic rings. The molecular formula is C18H19ClN2O10S. The number of carbonyl (C=O) groups is 1. The number of methoxy groups -OCH3 is 4. The topological polar surface area (TPSA) is 160 Å². The molecule has 2 aromatic carbocycles. The summed E-state index contributed by atoms with van der Waals surface area (Å²) < 4.78 is 19.8. The molecule has 0 fully saturated rings. The highest BCUT2D eigenvalue weighted by Crippen LogP contribution is 2.39. The molecule has 0 aromatic heterocycles. The van der Waals surface area contributed by atoms with Crippen LogP contribution in [0.2, 0.25) is 5.02 Å². The fourth-order valence-electron chi connectivity index (χ4n) is 2.23. The number of carboxylic acids is 1. The molecule has 174 valence electrons. The predicted octanol–water partition coefficient (Wildman–Crippen LogP) is 4.05. The molecule has 2 aromatic rings. The lowest BCUT2D eigenvalue weighted by Gasteiger charge is -2.09. The number of nitro benzene ring substituents is 2. The minimum absolute atomic E-state index is 0.0210. The van der Waals surface area contributed by atoms with Gasteiger partial charge in [-0.1, -0.05) is 11.6 Å². The third kappa shape index (κ3) is 7.06. The second kappa shape index (κ2) is 12.4. The number of nitrogens with zero attached hydrogens (tertiary/aromatic N) is 2. The standard InChI is InChI=1S/C10H11NO6S.C8H8ClNO4/c1-16-7-3-6(11(14)15)9(4-8(7)17-2)18-5-10(12)13;1-13-7-3-5(9)6(10(11)12)4-8(7)14-2/h3-4H,5H2,1-2H3,(H,12,13);3-4H,1-2H3. The highest BCUT2D eigenvalue weighted by molar-refractivity contribution is 8.00. The Kier molecular flexibility index (Phi) is 10.3. The van der Waals surface area contributed by atoms with Crippen molar-refractivity contribution in [3.63, 3.8) is 0 Å². The van der Waals surface area contributed by atoms with E-state index in [9.17, 15) is 25.0 Å². The third-order valence-electron chi connectivity index (χ3n) is 3.66. The molecule has 12 nitrogen and oxygen atoms in total. The molecule has 0 aliphatic heterocycles. The Bertz CT molecular complexity index is 1000. The van der Waals surface area contributed by atoms with E-state index in [1.807, 2.05) is 0 Å². The number of aliphatic carboxylic acids is 1. The highest BCUT2D eigenvalue weighted by atomic mass is 35.5. The fraction of sp³-hybridized carbons (Fsp3) is 0.278. The smallest absolute Gasteiger partial charge is 0.313 e. The maximum absolute atomic E-state index is 10.9. The molecule has 0 atom stereocenters. The van der Waals surface area contributed by atoms with Gasteiger partial charge in [-0.15, -0.1) is 11.8 Å². The van der Waals surface area contributed by atoms with Crippen molar-refractivity contribution < 1.29 is 38.7 Å². The minimum Gasteiger partial charge on any atom is -0.493 e. The van der Waals surface area contributed by atoms with Gasteiger partial charge in [-0.05, 0) is 0 Å². The van der Waals surface area contributed by atoms with Crippen molar-refractivity contribution in [1.82, 2.24) is 0 Å². The zero-order valence-corrected chi connectivity index (χ0v) is 18.9. The molecule has 0 unspecified atom stereocenters. The van der Waals surface area contributed by atoms with E-state index in [-0.39, 0.29) is 38.5 Å². The largest absolute Gasteiger partial charge is 0.493 e. The lowest BCUT2D eigenvalue weighted by Crippen LogP contribution is -2.00. The van der Waals surface area contributed by atoms with Crippen molar-refractivity contribution in [2.45, 2.75) is 4.90 Å². The highest BCUT2D eigenvalue weighted by Gasteiger charge is 2.20. The van der Waals surface area contributed by atoms with Crippen molar-refractivity contribution in [3.8, 4) is 23.0 Å². The first-order chi connectivity index (χ1) is 15.1. The van der Waals surface area contributed by atoms with Gasteiger partial charge < -0.3 is 24.1 Å².